The molecule has 0 aromatic heterocycles. The van der Waals surface area contributed by atoms with Crippen molar-refractivity contribution < 1.29 is 10.2 Å². The Labute approximate surface area is 164 Å². The molecule has 4 aromatic rings. The molecule has 0 saturated carbocycles. The lowest BCUT2D eigenvalue weighted by Crippen LogP contribution is -2.03. The van der Waals surface area contributed by atoms with E-state index in [9.17, 15) is 10.2 Å². The number of aliphatic hydroxyl groups is 2. The van der Waals surface area contributed by atoms with Crippen LogP contribution >= 0.6 is 0 Å². The summed E-state index contributed by atoms with van der Waals surface area (Å²) in [4.78, 5) is 0. The number of aliphatic hydroxyl groups excluding tert-OH is 2. The predicted octanol–water partition coefficient (Wildman–Crippen LogP) is 6.10. The normalized spacial score (nSPS) is 13.4. The molecule has 0 spiro atoms. The fourth-order valence-corrected chi connectivity index (χ4v) is 3.88. The monoisotopic (exact) mass is 366 g/mol. The van der Waals surface area contributed by atoms with Gasteiger partial charge in [0.25, 0.3) is 0 Å². The van der Waals surface area contributed by atoms with E-state index >= 15 is 0 Å². The van der Waals surface area contributed by atoms with Gasteiger partial charge in [0.15, 0.2) is 0 Å². The second-order valence-corrected chi connectivity index (χ2v) is 6.86. The number of fused-ring (bicyclic) bond motifs is 2. The van der Waals surface area contributed by atoms with Gasteiger partial charge in [-0.3, -0.25) is 0 Å². The first-order valence-corrected chi connectivity index (χ1v) is 9.30. The lowest BCUT2D eigenvalue weighted by molar-refractivity contribution is 0.227. The molecule has 2 atom stereocenters. The number of hydrogen-bond acceptors (Lipinski definition) is 2. The highest BCUT2D eigenvalue weighted by atomic mass is 16.3. The van der Waals surface area contributed by atoms with Gasteiger partial charge in [-0.1, -0.05) is 84.9 Å². The van der Waals surface area contributed by atoms with Crippen LogP contribution in [0.15, 0.2) is 98.1 Å². The van der Waals surface area contributed by atoms with Crippen LogP contribution in [0.3, 0.4) is 0 Å². The molecule has 2 nitrogen and oxygen atoms in total. The summed E-state index contributed by atoms with van der Waals surface area (Å²) in [5.74, 6) is 0. The van der Waals surface area contributed by atoms with E-state index in [0.29, 0.717) is 0 Å². The maximum Gasteiger partial charge on any atom is 0.0975 e. The largest absolute Gasteiger partial charge is 0.384 e. The fraction of sp³-hybridized carbons (Fsp3) is 0.0769. The van der Waals surface area contributed by atoms with Gasteiger partial charge in [-0.15, -0.1) is 13.2 Å². The smallest absolute Gasteiger partial charge is 0.0975 e. The summed E-state index contributed by atoms with van der Waals surface area (Å²) in [6, 6.07) is 24.1. The Hall–Kier alpha value is -3.20. The van der Waals surface area contributed by atoms with Crippen LogP contribution in [-0.2, 0) is 0 Å². The van der Waals surface area contributed by atoms with E-state index in [1.807, 2.05) is 48.5 Å². The van der Waals surface area contributed by atoms with E-state index in [2.05, 4.69) is 37.4 Å². The minimum absolute atomic E-state index is 0.766. The van der Waals surface area contributed by atoms with Crippen LogP contribution in [0.2, 0.25) is 0 Å². The standard InChI is InChI=1S/C26H22O2/c1-3-23(27)21-15-13-17-9-5-7-11-19(17)25(21)26-20-12-8-6-10-18(20)14-16-22(26)24(28)4-2/h3-16,23-24,27-28H,1-2H2/t23-,24+. The predicted molar refractivity (Wildman–Crippen MR) is 117 cm³/mol. The summed E-state index contributed by atoms with van der Waals surface area (Å²) in [7, 11) is 0. The number of benzene rings is 4. The highest BCUT2D eigenvalue weighted by Gasteiger charge is 2.21. The van der Waals surface area contributed by atoms with Crippen molar-refractivity contribution in [1.82, 2.24) is 0 Å². The maximum atomic E-state index is 10.7. The third kappa shape index (κ3) is 2.93. The number of hydrogen-bond donors (Lipinski definition) is 2. The van der Waals surface area contributed by atoms with Crippen LogP contribution in [0.4, 0.5) is 0 Å². The van der Waals surface area contributed by atoms with E-state index < -0.39 is 12.2 Å². The summed E-state index contributed by atoms with van der Waals surface area (Å²) < 4.78 is 0. The molecule has 0 aliphatic rings. The molecule has 0 heterocycles. The Kier molecular flexibility index (Phi) is 4.82. The first-order valence-electron chi connectivity index (χ1n) is 9.30. The van der Waals surface area contributed by atoms with Gasteiger partial charge in [0.05, 0.1) is 12.2 Å². The lowest BCUT2D eigenvalue weighted by Gasteiger charge is -2.22. The Balaban J connectivity index is 2.23. The molecule has 138 valence electrons. The summed E-state index contributed by atoms with van der Waals surface area (Å²) in [6.07, 6.45) is 1.43. The average molecular weight is 366 g/mol. The first kappa shape index (κ1) is 18.2. The van der Waals surface area contributed by atoms with Gasteiger partial charge in [-0.25, -0.2) is 0 Å². The van der Waals surface area contributed by atoms with Crippen molar-refractivity contribution in [2.45, 2.75) is 12.2 Å². The Morgan fingerprint density at radius 3 is 1.36 bits per heavy atom. The van der Waals surface area contributed by atoms with E-state index in [1.54, 1.807) is 0 Å². The highest BCUT2D eigenvalue weighted by Crippen LogP contribution is 2.43. The first-order chi connectivity index (χ1) is 13.7. The van der Waals surface area contributed by atoms with Gasteiger partial charge in [-0.2, -0.15) is 0 Å². The van der Waals surface area contributed by atoms with Crippen molar-refractivity contribution in [1.29, 1.82) is 0 Å². The average Bonchev–Trinajstić information content (AvgIpc) is 2.76. The Morgan fingerprint density at radius 1 is 0.571 bits per heavy atom. The molecule has 4 rings (SSSR count). The molecular formula is C26H22O2. The minimum atomic E-state index is -0.813. The molecule has 28 heavy (non-hydrogen) atoms. The van der Waals surface area contributed by atoms with Crippen LogP contribution in [-0.4, -0.2) is 10.2 Å². The van der Waals surface area contributed by atoms with E-state index in [1.165, 1.54) is 12.2 Å². The molecule has 0 unspecified atom stereocenters. The topological polar surface area (TPSA) is 40.5 Å². The van der Waals surface area contributed by atoms with Crippen LogP contribution in [0.1, 0.15) is 23.3 Å². The summed E-state index contributed by atoms with van der Waals surface area (Å²) in [5, 5.41) is 25.6. The summed E-state index contributed by atoms with van der Waals surface area (Å²) in [6.45, 7) is 7.54. The van der Waals surface area contributed by atoms with Crippen LogP contribution in [0.25, 0.3) is 32.7 Å². The van der Waals surface area contributed by atoms with Crippen molar-refractivity contribution in [3.63, 3.8) is 0 Å². The molecule has 2 N–H and O–H groups in total. The van der Waals surface area contributed by atoms with Gasteiger partial charge in [-0.05, 0) is 43.8 Å². The molecule has 0 saturated heterocycles. The quantitative estimate of drug-likeness (QED) is 0.419. The number of rotatable bonds is 5. The molecule has 4 aromatic carbocycles. The minimum Gasteiger partial charge on any atom is -0.384 e. The second-order valence-electron chi connectivity index (χ2n) is 6.86. The molecule has 0 fully saturated rings. The van der Waals surface area contributed by atoms with Crippen LogP contribution < -0.4 is 0 Å². The van der Waals surface area contributed by atoms with E-state index in [-0.39, 0.29) is 0 Å². The summed E-state index contributed by atoms with van der Waals surface area (Å²) >= 11 is 0. The highest BCUT2D eigenvalue weighted by molar-refractivity contribution is 6.08. The maximum absolute atomic E-state index is 10.7. The molecule has 0 amide bonds. The fourth-order valence-electron chi connectivity index (χ4n) is 3.88. The van der Waals surface area contributed by atoms with Crippen molar-refractivity contribution in [3.05, 3.63) is 109 Å². The second kappa shape index (κ2) is 7.43. The molecule has 0 radical (unpaired) electrons. The van der Waals surface area contributed by atoms with Crippen molar-refractivity contribution >= 4 is 21.5 Å². The van der Waals surface area contributed by atoms with Crippen molar-refractivity contribution in [2.75, 3.05) is 0 Å². The van der Waals surface area contributed by atoms with Crippen LogP contribution in [0.5, 0.6) is 0 Å². The SMILES string of the molecule is C=C[C@@H](O)c1ccc2ccccc2c1-c1c([C@@H](O)C=C)ccc2ccccc12. The van der Waals surface area contributed by atoms with Gasteiger partial charge >= 0.3 is 0 Å². The van der Waals surface area contributed by atoms with E-state index in [0.717, 1.165) is 43.8 Å². The third-order valence-electron chi connectivity index (χ3n) is 5.26. The zero-order valence-corrected chi connectivity index (χ0v) is 15.5. The molecular weight excluding hydrogens is 344 g/mol. The summed E-state index contributed by atoms with van der Waals surface area (Å²) in [5.41, 5.74) is 3.36. The van der Waals surface area contributed by atoms with Gasteiger partial charge in [0.1, 0.15) is 0 Å². The van der Waals surface area contributed by atoms with Gasteiger partial charge < -0.3 is 10.2 Å². The Bertz CT molecular complexity index is 1090. The third-order valence-corrected chi connectivity index (χ3v) is 5.26. The van der Waals surface area contributed by atoms with Gasteiger partial charge in [0, 0.05) is 0 Å². The lowest BCUT2D eigenvalue weighted by atomic mass is 9.84. The van der Waals surface area contributed by atoms with Gasteiger partial charge in [0.2, 0.25) is 0 Å². The molecule has 0 bridgehead atoms. The zero-order valence-electron chi connectivity index (χ0n) is 15.5. The molecule has 0 aliphatic heterocycles. The van der Waals surface area contributed by atoms with Crippen LogP contribution in [0, 0.1) is 0 Å². The van der Waals surface area contributed by atoms with Crippen molar-refractivity contribution in [3.8, 4) is 11.1 Å². The zero-order chi connectivity index (χ0) is 19.7. The molecule has 2 heteroatoms. The molecule has 0 aliphatic carbocycles. The van der Waals surface area contributed by atoms with Crippen molar-refractivity contribution in [2.24, 2.45) is 0 Å². The van der Waals surface area contributed by atoms with E-state index in [4.69, 9.17) is 0 Å². The Morgan fingerprint density at radius 2 is 0.964 bits per heavy atom.